The number of hydrogen-bond donors (Lipinski definition) is 1. The third-order valence-corrected chi connectivity index (χ3v) is 4.51. The van der Waals surface area contributed by atoms with Crippen LogP contribution in [-0.2, 0) is 10.2 Å². The third kappa shape index (κ3) is 1.91. The summed E-state index contributed by atoms with van der Waals surface area (Å²) in [7, 11) is 1.64. The van der Waals surface area contributed by atoms with Crippen molar-refractivity contribution in [2.75, 3.05) is 26.9 Å². The summed E-state index contributed by atoms with van der Waals surface area (Å²) in [6.45, 7) is 6.26. The maximum atomic E-state index is 6.39. The molecule has 1 aliphatic heterocycles. The fourth-order valence-corrected chi connectivity index (χ4v) is 2.77. The van der Waals surface area contributed by atoms with E-state index in [0.717, 1.165) is 16.3 Å². The molecule has 4 heteroatoms. The molecule has 0 amide bonds. The second kappa shape index (κ2) is 4.72. The first-order chi connectivity index (χ1) is 8.47. The Bertz CT molecular complexity index is 441. The van der Waals surface area contributed by atoms with Crippen molar-refractivity contribution in [3.8, 4) is 5.75 Å². The minimum Gasteiger partial charge on any atom is -0.497 e. The fourth-order valence-electron chi connectivity index (χ4n) is 2.42. The lowest BCUT2D eigenvalue weighted by Crippen LogP contribution is -2.59. The van der Waals surface area contributed by atoms with E-state index in [-0.39, 0.29) is 10.8 Å². The molecule has 1 aromatic carbocycles. The van der Waals surface area contributed by atoms with Crippen molar-refractivity contribution in [1.82, 2.24) is 0 Å². The van der Waals surface area contributed by atoms with Gasteiger partial charge in [-0.1, -0.05) is 31.5 Å². The molecule has 0 saturated carbocycles. The van der Waals surface area contributed by atoms with Crippen molar-refractivity contribution in [3.05, 3.63) is 28.8 Å². The van der Waals surface area contributed by atoms with E-state index in [1.165, 1.54) is 0 Å². The van der Waals surface area contributed by atoms with Crippen LogP contribution >= 0.6 is 11.6 Å². The number of benzene rings is 1. The number of rotatable bonds is 4. The molecule has 0 radical (unpaired) electrons. The van der Waals surface area contributed by atoms with Crippen LogP contribution in [0.2, 0.25) is 5.02 Å². The summed E-state index contributed by atoms with van der Waals surface area (Å²) in [5.41, 5.74) is 6.88. The van der Waals surface area contributed by atoms with Crippen LogP contribution in [0.1, 0.15) is 19.4 Å². The highest BCUT2D eigenvalue weighted by Gasteiger charge is 2.52. The van der Waals surface area contributed by atoms with Gasteiger partial charge in [-0.25, -0.2) is 0 Å². The molecular formula is C14H20ClNO2. The van der Waals surface area contributed by atoms with Gasteiger partial charge in [-0.3, -0.25) is 0 Å². The van der Waals surface area contributed by atoms with Crippen molar-refractivity contribution in [2.45, 2.75) is 19.3 Å². The highest BCUT2D eigenvalue weighted by atomic mass is 35.5. The average molecular weight is 270 g/mol. The molecule has 2 rings (SSSR count). The Hall–Kier alpha value is -0.770. The maximum Gasteiger partial charge on any atom is 0.120 e. The summed E-state index contributed by atoms with van der Waals surface area (Å²) < 4.78 is 10.6. The molecule has 3 nitrogen and oxygen atoms in total. The number of ether oxygens (including phenoxy) is 2. The lowest BCUT2D eigenvalue weighted by molar-refractivity contribution is -0.116. The van der Waals surface area contributed by atoms with Gasteiger partial charge in [0.15, 0.2) is 0 Å². The van der Waals surface area contributed by atoms with Gasteiger partial charge in [-0.15, -0.1) is 0 Å². The quantitative estimate of drug-likeness (QED) is 0.914. The van der Waals surface area contributed by atoms with Crippen LogP contribution in [0, 0.1) is 5.41 Å². The lowest BCUT2D eigenvalue weighted by Gasteiger charge is -2.52. The predicted octanol–water partition coefficient (Wildman–Crippen LogP) is 2.60. The van der Waals surface area contributed by atoms with E-state index in [1.54, 1.807) is 7.11 Å². The average Bonchev–Trinajstić information content (AvgIpc) is 2.29. The molecule has 0 aliphatic carbocycles. The van der Waals surface area contributed by atoms with E-state index in [2.05, 4.69) is 13.8 Å². The van der Waals surface area contributed by atoms with Crippen LogP contribution in [0.25, 0.3) is 0 Å². The van der Waals surface area contributed by atoms with Crippen molar-refractivity contribution in [2.24, 2.45) is 11.1 Å². The Balaban J connectivity index is 2.46. The smallest absolute Gasteiger partial charge is 0.120 e. The minimum absolute atomic E-state index is 0.0521. The lowest BCUT2D eigenvalue weighted by atomic mass is 9.60. The van der Waals surface area contributed by atoms with Gasteiger partial charge < -0.3 is 15.2 Å². The predicted molar refractivity (Wildman–Crippen MR) is 73.3 cm³/mol. The second-order valence-corrected chi connectivity index (χ2v) is 5.92. The first-order valence-corrected chi connectivity index (χ1v) is 6.46. The Morgan fingerprint density at radius 3 is 2.50 bits per heavy atom. The molecule has 100 valence electrons. The molecule has 1 aromatic rings. The summed E-state index contributed by atoms with van der Waals surface area (Å²) >= 11 is 6.39. The van der Waals surface area contributed by atoms with Crippen LogP contribution in [0.3, 0.4) is 0 Å². The van der Waals surface area contributed by atoms with E-state index in [1.807, 2.05) is 18.2 Å². The third-order valence-electron chi connectivity index (χ3n) is 4.19. The molecule has 18 heavy (non-hydrogen) atoms. The Kier molecular flexibility index (Phi) is 3.58. The molecule has 0 bridgehead atoms. The SMILES string of the molecule is COc1ccc(C2(C(C)(C)CN)COC2)c(Cl)c1. The molecule has 1 heterocycles. The normalized spacial score (nSPS) is 18.3. The van der Waals surface area contributed by atoms with Crippen molar-refractivity contribution in [3.63, 3.8) is 0 Å². The van der Waals surface area contributed by atoms with Crippen LogP contribution in [0.5, 0.6) is 5.75 Å². The van der Waals surface area contributed by atoms with Crippen LogP contribution in [-0.4, -0.2) is 26.9 Å². The molecule has 0 aromatic heterocycles. The monoisotopic (exact) mass is 269 g/mol. The zero-order valence-corrected chi connectivity index (χ0v) is 11.9. The fraction of sp³-hybridized carbons (Fsp3) is 0.571. The van der Waals surface area contributed by atoms with Crippen molar-refractivity contribution in [1.29, 1.82) is 0 Å². The minimum atomic E-state index is -0.0922. The molecule has 2 N–H and O–H groups in total. The van der Waals surface area contributed by atoms with Crippen molar-refractivity contribution >= 4 is 11.6 Å². The van der Waals surface area contributed by atoms with Crippen LogP contribution in [0.15, 0.2) is 18.2 Å². The summed E-state index contributed by atoms with van der Waals surface area (Å²) in [6, 6.07) is 5.82. The molecule has 0 unspecified atom stereocenters. The molecular weight excluding hydrogens is 250 g/mol. The first-order valence-electron chi connectivity index (χ1n) is 6.09. The Morgan fingerprint density at radius 2 is 2.11 bits per heavy atom. The molecule has 0 atom stereocenters. The van der Waals surface area contributed by atoms with Gasteiger partial charge in [0.05, 0.1) is 20.3 Å². The zero-order valence-electron chi connectivity index (χ0n) is 11.1. The van der Waals surface area contributed by atoms with E-state index in [9.17, 15) is 0 Å². The zero-order chi connectivity index (χ0) is 13.4. The second-order valence-electron chi connectivity index (χ2n) is 5.51. The van der Waals surface area contributed by atoms with Crippen LogP contribution in [0.4, 0.5) is 0 Å². The Labute approximate surface area is 113 Å². The van der Waals surface area contributed by atoms with Gasteiger partial charge in [-0.05, 0) is 29.7 Å². The van der Waals surface area contributed by atoms with E-state index < -0.39 is 0 Å². The van der Waals surface area contributed by atoms with Gasteiger partial charge in [0, 0.05) is 10.4 Å². The topological polar surface area (TPSA) is 44.5 Å². The van der Waals surface area contributed by atoms with Gasteiger partial charge in [0.25, 0.3) is 0 Å². The molecule has 1 fully saturated rings. The standard InChI is InChI=1S/C14H20ClNO2/c1-13(2,7-16)14(8-18-9-14)11-5-4-10(17-3)6-12(11)15/h4-6H,7-9,16H2,1-3H3. The largest absolute Gasteiger partial charge is 0.497 e. The van der Waals surface area contributed by atoms with Crippen LogP contribution < -0.4 is 10.5 Å². The highest BCUT2D eigenvalue weighted by molar-refractivity contribution is 6.31. The van der Waals surface area contributed by atoms with Crippen molar-refractivity contribution < 1.29 is 9.47 Å². The Morgan fingerprint density at radius 1 is 1.44 bits per heavy atom. The highest BCUT2D eigenvalue weighted by Crippen LogP contribution is 2.49. The summed E-state index contributed by atoms with van der Waals surface area (Å²) in [6.07, 6.45) is 0. The molecule has 0 spiro atoms. The summed E-state index contributed by atoms with van der Waals surface area (Å²) in [5.74, 6) is 0.768. The number of nitrogens with two attached hydrogens (primary N) is 1. The maximum absolute atomic E-state index is 6.39. The molecule has 1 aliphatic rings. The first kappa shape index (κ1) is 13.7. The number of halogens is 1. The van der Waals surface area contributed by atoms with E-state index in [4.69, 9.17) is 26.8 Å². The molecule has 1 saturated heterocycles. The van der Waals surface area contributed by atoms with Gasteiger partial charge in [0.2, 0.25) is 0 Å². The number of hydrogen-bond acceptors (Lipinski definition) is 3. The van der Waals surface area contributed by atoms with E-state index >= 15 is 0 Å². The van der Waals surface area contributed by atoms with Gasteiger partial charge in [-0.2, -0.15) is 0 Å². The summed E-state index contributed by atoms with van der Waals surface area (Å²) in [4.78, 5) is 0. The number of methoxy groups -OCH3 is 1. The van der Waals surface area contributed by atoms with Gasteiger partial charge in [0.1, 0.15) is 5.75 Å². The van der Waals surface area contributed by atoms with Gasteiger partial charge >= 0.3 is 0 Å². The summed E-state index contributed by atoms with van der Waals surface area (Å²) in [5, 5.41) is 0.721. The van der Waals surface area contributed by atoms with E-state index in [0.29, 0.717) is 19.8 Å².